The molecule has 1 atom stereocenters. The molecule has 124 valence electrons. The first kappa shape index (κ1) is 16.8. The molecule has 1 heterocycles. The van der Waals surface area contributed by atoms with E-state index in [1.54, 1.807) is 23.1 Å². The zero-order valence-corrected chi connectivity index (χ0v) is 14.6. The highest BCUT2D eigenvalue weighted by Crippen LogP contribution is 2.28. The Balaban J connectivity index is 1.70. The van der Waals surface area contributed by atoms with Crippen LogP contribution in [0.5, 0.6) is 0 Å². The quantitative estimate of drug-likeness (QED) is 0.884. The minimum atomic E-state index is -0.396. The number of hydrogen-bond donors (Lipinski definition) is 1. The molecule has 24 heavy (non-hydrogen) atoms. The van der Waals surface area contributed by atoms with Crippen molar-refractivity contribution in [1.29, 1.82) is 0 Å². The molecule has 2 aromatic rings. The Morgan fingerprint density at radius 2 is 1.96 bits per heavy atom. The SMILES string of the molecule is Cc1cccc(N2C[C@H](C(=O)Nc3ccc(Cl)c(Cl)c3)CC2=O)c1. The van der Waals surface area contributed by atoms with E-state index in [0.29, 0.717) is 22.3 Å². The molecule has 0 aromatic heterocycles. The number of carbonyl (C=O) groups is 2. The van der Waals surface area contributed by atoms with Gasteiger partial charge < -0.3 is 10.2 Å². The number of aryl methyl sites for hydroxylation is 1. The van der Waals surface area contributed by atoms with E-state index in [4.69, 9.17) is 23.2 Å². The van der Waals surface area contributed by atoms with Crippen LogP contribution in [0.2, 0.25) is 10.0 Å². The monoisotopic (exact) mass is 362 g/mol. The second-order valence-electron chi connectivity index (χ2n) is 5.86. The highest BCUT2D eigenvalue weighted by Gasteiger charge is 2.35. The Morgan fingerprint density at radius 3 is 2.67 bits per heavy atom. The van der Waals surface area contributed by atoms with E-state index in [9.17, 15) is 9.59 Å². The lowest BCUT2D eigenvalue weighted by atomic mass is 10.1. The van der Waals surface area contributed by atoms with E-state index >= 15 is 0 Å². The average Bonchev–Trinajstić information content (AvgIpc) is 2.93. The molecule has 1 aliphatic heterocycles. The number of nitrogens with zero attached hydrogens (tertiary/aromatic N) is 1. The van der Waals surface area contributed by atoms with E-state index in [-0.39, 0.29) is 18.2 Å². The first-order valence-corrected chi connectivity index (χ1v) is 8.32. The van der Waals surface area contributed by atoms with Crippen LogP contribution in [0.1, 0.15) is 12.0 Å². The predicted octanol–water partition coefficient (Wildman–Crippen LogP) is 4.29. The zero-order chi connectivity index (χ0) is 17.3. The van der Waals surface area contributed by atoms with E-state index in [1.165, 1.54) is 0 Å². The van der Waals surface area contributed by atoms with Gasteiger partial charge in [-0.15, -0.1) is 0 Å². The normalized spacial score (nSPS) is 17.2. The molecule has 0 spiro atoms. The molecule has 1 aliphatic rings. The Morgan fingerprint density at radius 1 is 1.17 bits per heavy atom. The second kappa shape index (κ2) is 6.83. The molecule has 0 saturated carbocycles. The molecule has 1 saturated heterocycles. The molecule has 1 fully saturated rings. The van der Waals surface area contributed by atoms with Crippen LogP contribution in [0.25, 0.3) is 0 Å². The highest BCUT2D eigenvalue weighted by molar-refractivity contribution is 6.42. The third-order valence-corrected chi connectivity index (χ3v) is 4.74. The van der Waals surface area contributed by atoms with Crippen LogP contribution in [0.15, 0.2) is 42.5 Å². The van der Waals surface area contributed by atoms with Crippen molar-refractivity contribution in [2.75, 3.05) is 16.8 Å². The van der Waals surface area contributed by atoms with Crippen LogP contribution in [0.3, 0.4) is 0 Å². The van der Waals surface area contributed by atoms with Crippen molar-refractivity contribution < 1.29 is 9.59 Å². The molecule has 3 rings (SSSR count). The molecule has 0 radical (unpaired) electrons. The molecule has 6 heteroatoms. The fourth-order valence-corrected chi connectivity index (χ4v) is 3.04. The fraction of sp³-hybridized carbons (Fsp3) is 0.222. The summed E-state index contributed by atoms with van der Waals surface area (Å²) in [5, 5.41) is 3.60. The largest absolute Gasteiger partial charge is 0.326 e. The standard InChI is InChI=1S/C18H16Cl2N2O2/c1-11-3-2-4-14(7-11)22-10-12(8-17(22)23)18(24)21-13-5-6-15(19)16(20)9-13/h2-7,9,12H,8,10H2,1H3,(H,21,24)/t12-/m1/s1. The summed E-state index contributed by atoms with van der Waals surface area (Å²) >= 11 is 11.8. The minimum absolute atomic E-state index is 0.0464. The van der Waals surface area contributed by atoms with Gasteiger partial charge >= 0.3 is 0 Å². The third-order valence-electron chi connectivity index (χ3n) is 4.00. The molecule has 4 nitrogen and oxygen atoms in total. The minimum Gasteiger partial charge on any atom is -0.326 e. The number of anilines is 2. The van der Waals surface area contributed by atoms with Gasteiger partial charge in [-0.1, -0.05) is 35.3 Å². The number of amides is 2. The van der Waals surface area contributed by atoms with Crippen LogP contribution in [-0.4, -0.2) is 18.4 Å². The third kappa shape index (κ3) is 3.55. The maximum absolute atomic E-state index is 12.4. The van der Waals surface area contributed by atoms with E-state index in [0.717, 1.165) is 11.3 Å². The lowest BCUT2D eigenvalue weighted by Crippen LogP contribution is -2.28. The molecule has 2 aromatic carbocycles. The topological polar surface area (TPSA) is 49.4 Å². The number of carbonyl (C=O) groups excluding carboxylic acids is 2. The Kier molecular flexibility index (Phi) is 4.78. The number of benzene rings is 2. The second-order valence-corrected chi connectivity index (χ2v) is 6.68. The molecular formula is C18H16Cl2N2O2. The van der Waals surface area contributed by atoms with Gasteiger partial charge in [-0.2, -0.15) is 0 Å². The van der Waals surface area contributed by atoms with Crippen molar-refractivity contribution in [3.05, 3.63) is 58.1 Å². The summed E-state index contributed by atoms with van der Waals surface area (Å²) in [6, 6.07) is 12.6. The maximum atomic E-state index is 12.4. The average molecular weight is 363 g/mol. The molecular weight excluding hydrogens is 347 g/mol. The Labute approximate surface area is 150 Å². The molecule has 2 amide bonds. The first-order chi connectivity index (χ1) is 11.4. The van der Waals surface area contributed by atoms with Crippen molar-refractivity contribution >= 4 is 46.4 Å². The van der Waals surface area contributed by atoms with Gasteiger partial charge in [0.15, 0.2) is 0 Å². The number of halogens is 2. The summed E-state index contributed by atoms with van der Waals surface area (Å²) in [6.07, 6.45) is 0.196. The van der Waals surface area contributed by atoms with Crippen molar-refractivity contribution in [3.63, 3.8) is 0 Å². The molecule has 0 unspecified atom stereocenters. The van der Waals surface area contributed by atoms with Crippen LogP contribution in [0.4, 0.5) is 11.4 Å². The van der Waals surface area contributed by atoms with E-state index in [2.05, 4.69) is 5.32 Å². The van der Waals surface area contributed by atoms with Crippen LogP contribution in [-0.2, 0) is 9.59 Å². The van der Waals surface area contributed by atoms with Crippen LogP contribution >= 0.6 is 23.2 Å². The van der Waals surface area contributed by atoms with Crippen LogP contribution in [0, 0.1) is 12.8 Å². The summed E-state index contributed by atoms with van der Waals surface area (Å²) in [6.45, 7) is 2.34. The fourth-order valence-electron chi connectivity index (χ4n) is 2.75. The smallest absolute Gasteiger partial charge is 0.229 e. The summed E-state index contributed by atoms with van der Waals surface area (Å²) in [5.74, 6) is -0.640. The predicted molar refractivity (Wildman–Crippen MR) is 96.7 cm³/mol. The van der Waals surface area contributed by atoms with Gasteiger partial charge in [-0.3, -0.25) is 9.59 Å². The zero-order valence-electron chi connectivity index (χ0n) is 13.1. The van der Waals surface area contributed by atoms with Gasteiger partial charge in [-0.05, 0) is 42.8 Å². The van der Waals surface area contributed by atoms with Crippen LogP contribution < -0.4 is 10.2 Å². The lowest BCUT2D eigenvalue weighted by Gasteiger charge is -2.17. The maximum Gasteiger partial charge on any atom is 0.229 e. The van der Waals surface area contributed by atoms with Gasteiger partial charge in [-0.25, -0.2) is 0 Å². The van der Waals surface area contributed by atoms with E-state index in [1.807, 2.05) is 31.2 Å². The van der Waals surface area contributed by atoms with Gasteiger partial charge in [0, 0.05) is 24.3 Å². The Hall–Kier alpha value is -2.04. The highest BCUT2D eigenvalue weighted by atomic mass is 35.5. The number of rotatable bonds is 3. The van der Waals surface area contributed by atoms with Gasteiger partial charge in [0.2, 0.25) is 11.8 Å². The van der Waals surface area contributed by atoms with Gasteiger partial charge in [0.25, 0.3) is 0 Å². The van der Waals surface area contributed by atoms with E-state index < -0.39 is 5.92 Å². The molecule has 0 bridgehead atoms. The Bertz CT molecular complexity index is 807. The van der Waals surface area contributed by atoms with Gasteiger partial charge in [0.05, 0.1) is 16.0 Å². The van der Waals surface area contributed by atoms with Crippen molar-refractivity contribution in [3.8, 4) is 0 Å². The summed E-state index contributed by atoms with van der Waals surface area (Å²) in [4.78, 5) is 26.4. The summed E-state index contributed by atoms with van der Waals surface area (Å²) in [5.41, 5.74) is 2.46. The number of nitrogens with one attached hydrogen (secondary N) is 1. The first-order valence-electron chi connectivity index (χ1n) is 7.57. The van der Waals surface area contributed by atoms with Crippen molar-refractivity contribution in [2.24, 2.45) is 5.92 Å². The summed E-state index contributed by atoms with van der Waals surface area (Å²) in [7, 11) is 0. The summed E-state index contributed by atoms with van der Waals surface area (Å²) < 4.78 is 0. The lowest BCUT2D eigenvalue weighted by molar-refractivity contribution is -0.122. The van der Waals surface area contributed by atoms with Crippen molar-refractivity contribution in [2.45, 2.75) is 13.3 Å². The molecule has 1 N–H and O–H groups in total. The van der Waals surface area contributed by atoms with Gasteiger partial charge in [0.1, 0.15) is 0 Å². The molecule has 0 aliphatic carbocycles. The number of hydrogen-bond acceptors (Lipinski definition) is 2. The van der Waals surface area contributed by atoms with Crippen molar-refractivity contribution in [1.82, 2.24) is 0 Å².